The summed E-state index contributed by atoms with van der Waals surface area (Å²) >= 11 is 0. The third kappa shape index (κ3) is 3.72. The van der Waals surface area contributed by atoms with Crippen molar-refractivity contribution in [3.05, 3.63) is 53.9 Å². The number of pyridine rings is 1. The fourth-order valence-electron chi connectivity index (χ4n) is 3.06. The minimum Gasteiger partial charge on any atom is -0.312 e. The van der Waals surface area contributed by atoms with Crippen LogP contribution in [0, 0.1) is 0 Å². The molecule has 0 unspecified atom stereocenters. The Balaban J connectivity index is 1.87. The largest absolute Gasteiger partial charge is 0.312 e. The molecular formula is C18H21N3O3S. The van der Waals surface area contributed by atoms with Gasteiger partial charge in [-0.2, -0.15) is 0 Å². The van der Waals surface area contributed by atoms with Crippen molar-refractivity contribution in [3.8, 4) is 0 Å². The number of hydrogen-bond acceptors (Lipinski definition) is 4. The molecule has 0 saturated heterocycles. The van der Waals surface area contributed by atoms with E-state index >= 15 is 0 Å². The molecule has 1 aromatic heterocycles. The molecule has 25 heavy (non-hydrogen) atoms. The molecule has 7 heteroatoms. The lowest BCUT2D eigenvalue weighted by Crippen LogP contribution is -2.34. The standard InChI is InChI=1S/C18H21N3O3S/c1-13(17-7-3-4-10-19-17)20-25(23,24)16-8-9-18-15(12-16)6-5-11-21(18)14(2)22/h3-4,7-10,12-13,20H,5-6,11H2,1-2H3/t13-/m1/s1. The number of nitrogens with one attached hydrogen (secondary N) is 1. The number of fused-ring (bicyclic) bond motifs is 1. The van der Waals surface area contributed by atoms with E-state index in [1.165, 1.54) is 6.92 Å². The molecule has 6 nitrogen and oxygen atoms in total. The van der Waals surface area contributed by atoms with Gasteiger partial charge in [0.05, 0.1) is 16.6 Å². The highest BCUT2D eigenvalue weighted by Gasteiger charge is 2.24. The topological polar surface area (TPSA) is 79.4 Å². The van der Waals surface area contributed by atoms with Crippen LogP contribution >= 0.6 is 0 Å². The molecule has 0 bridgehead atoms. The van der Waals surface area contributed by atoms with Gasteiger partial charge in [-0.3, -0.25) is 9.78 Å². The average Bonchev–Trinajstić information content (AvgIpc) is 2.61. The zero-order valence-corrected chi connectivity index (χ0v) is 15.1. The highest BCUT2D eigenvalue weighted by Crippen LogP contribution is 2.29. The lowest BCUT2D eigenvalue weighted by atomic mass is 10.0. The molecule has 0 radical (unpaired) electrons. The summed E-state index contributed by atoms with van der Waals surface area (Å²) in [5, 5.41) is 0. The van der Waals surface area contributed by atoms with Crippen LogP contribution in [0.5, 0.6) is 0 Å². The first-order valence-electron chi connectivity index (χ1n) is 8.23. The van der Waals surface area contributed by atoms with Crippen molar-refractivity contribution in [2.45, 2.75) is 37.6 Å². The number of carbonyl (C=O) groups is 1. The second-order valence-electron chi connectivity index (χ2n) is 6.16. The number of carbonyl (C=O) groups excluding carboxylic acids is 1. The molecule has 0 saturated carbocycles. The van der Waals surface area contributed by atoms with Crippen LogP contribution < -0.4 is 9.62 Å². The first-order valence-corrected chi connectivity index (χ1v) is 9.71. The summed E-state index contributed by atoms with van der Waals surface area (Å²) in [6, 6.07) is 9.89. The van der Waals surface area contributed by atoms with Crippen molar-refractivity contribution in [3.63, 3.8) is 0 Å². The number of anilines is 1. The molecule has 1 amide bonds. The third-order valence-corrected chi connectivity index (χ3v) is 5.86. The van der Waals surface area contributed by atoms with Crippen molar-refractivity contribution in [2.75, 3.05) is 11.4 Å². The van der Waals surface area contributed by atoms with E-state index in [0.29, 0.717) is 12.2 Å². The van der Waals surface area contributed by atoms with E-state index < -0.39 is 16.1 Å². The summed E-state index contributed by atoms with van der Waals surface area (Å²) < 4.78 is 28.1. The van der Waals surface area contributed by atoms with Crippen LogP contribution in [0.1, 0.15) is 37.6 Å². The molecule has 0 spiro atoms. The summed E-state index contributed by atoms with van der Waals surface area (Å²) in [6.45, 7) is 3.95. The van der Waals surface area contributed by atoms with Gasteiger partial charge in [-0.05, 0) is 55.7 Å². The number of amides is 1. The zero-order chi connectivity index (χ0) is 18.0. The number of sulfonamides is 1. The fourth-order valence-corrected chi connectivity index (χ4v) is 4.33. The average molecular weight is 359 g/mol. The van der Waals surface area contributed by atoms with Crippen LogP contribution in [0.2, 0.25) is 0 Å². The third-order valence-electron chi connectivity index (χ3n) is 4.32. The van der Waals surface area contributed by atoms with Gasteiger partial charge in [-0.25, -0.2) is 13.1 Å². The lowest BCUT2D eigenvalue weighted by Gasteiger charge is -2.29. The molecule has 1 atom stereocenters. The van der Waals surface area contributed by atoms with E-state index in [9.17, 15) is 13.2 Å². The molecule has 2 heterocycles. The maximum absolute atomic E-state index is 12.7. The maximum atomic E-state index is 12.7. The van der Waals surface area contributed by atoms with Crippen LogP contribution in [0.15, 0.2) is 47.5 Å². The van der Waals surface area contributed by atoms with Crippen LogP contribution in [0.3, 0.4) is 0 Å². The zero-order valence-electron chi connectivity index (χ0n) is 14.3. The Morgan fingerprint density at radius 3 is 2.76 bits per heavy atom. The van der Waals surface area contributed by atoms with Crippen LogP contribution in [0.4, 0.5) is 5.69 Å². The first-order chi connectivity index (χ1) is 11.9. The molecule has 1 aromatic carbocycles. The van der Waals surface area contributed by atoms with E-state index in [4.69, 9.17) is 0 Å². The quantitative estimate of drug-likeness (QED) is 0.909. The normalized spacial score (nSPS) is 15.5. The number of aromatic nitrogens is 1. The SMILES string of the molecule is CC(=O)N1CCCc2cc(S(=O)(=O)N[C@H](C)c3ccccn3)ccc21. The molecule has 0 fully saturated rings. The first kappa shape index (κ1) is 17.6. The second kappa shape index (κ2) is 6.93. The number of aryl methyl sites for hydroxylation is 1. The van der Waals surface area contributed by atoms with Gasteiger partial charge in [0.2, 0.25) is 15.9 Å². The molecule has 2 aromatic rings. The minimum absolute atomic E-state index is 0.0292. The van der Waals surface area contributed by atoms with Gasteiger partial charge in [-0.1, -0.05) is 6.07 Å². The van der Waals surface area contributed by atoms with Gasteiger partial charge in [0.1, 0.15) is 0 Å². The van der Waals surface area contributed by atoms with Crippen LogP contribution in [0.25, 0.3) is 0 Å². The second-order valence-corrected chi connectivity index (χ2v) is 7.88. The van der Waals surface area contributed by atoms with Crippen molar-refractivity contribution in [2.24, 2.45) is 0 Å². The van der Waals surface area contributed by atoms with Crippen molar-refractivity contribution in [1.82, 2.24) is 9.71 Å². The number of rotatable bonds is 4. The molecule has 0 aliphatic carbocycles. The summed E-state index contributed by atoms with van der Waals surface area (Å²) in [7, 11) is -3.67. The lowest BCUT2D eigenvalue weighted by molar-refractivity contribution is -0.116. The van der Waals surface area contributed by atoms with Crippen molar-refractivity contribution < 1.29 is 13.2 Å². The van der Waals surface area contributed by atoms with E-state index in [1.807, 2.05) is 6.07 Å². The Kier molecular flexibility index (Phi) is 4.87. The summed E-state index contributed by atoms with van der Waals surface area (Å²) in [5.41, 5.74) is 2.34. The predicted octanol–water partition coefficient (Wildman–Crippen LogP) is 2.42. The molecule has 1 N–H and O–H groups in total. The van der Waals surface area contributed by atoms with Crippen molar-refractivity contribution in [1.29, 1.82) is 0 Å². The smallest absolute Gasteiger partial charge is 0.241 e. The molecule has 1 aliphatic rings. The Labute approximate surface area is 147 Å². The van der Waals surface area contributed by atoms with Gasteiger partial charge in [0.25, 0.3) is 0 Å². The highest BCUT2D eigenvalue weighted by atomic mass is 32.2. The Hall–Kier alpha value is -2.25. The predicted molar refractivity (Wildman–Crippen MR) is 95.8 cm³/mol. The van der Waals surface area contributed by atoms with Crippen molar-refractivity contribution >= 4 is 21.6 Å². The summed E-state index contributed by atoms with van der Waals surface area (Å²) in [5.74, 6) is -0.0292. The van der Waals surface area contributed by atoms with Crippen LogP contribution in [-0.4, -0.2) is 25.9 Å². The van der Waals surface area contributed by atoms with E-state index in [0.717, 1.165) is 24.1 Å². The van der Waals surface area contributed by atoms with Gasteiger partial charge in [-0.15, -0.1) is 0 Å². The fraction of sp³-hybridized carbons (Fsp3) is 0.333. The molecule has 132 valence electrons. The molecule has 3 rings (SSSR count). The number of nitrogens with zero attached hydrogens (tertiary/aromatic N) is 2. The van der Waals surface area contributed by atoms with Crippen LogP contribution in [-0.2, 0) is 21.2 Å². The maximum Gasteiger partial charge on any atom is 0.241 e. The van der Waals surface area contributed by atoms with E-state index in [-0.39, 0.29) is 10.8 Å². The van der Waals surface area contributed by atoms with Gasteiger partial charge in [0, 0.05) is 25.4 Å². The summed E-state index contributed by atoms with van der Waals surface area (Å²) in [6.07, 6.45) is 3.22. The number of benzene rings is 1. The molecule has 1 aliphatic heterocycles. The Morgan fingerprint density at radius 1 is 1.28 bits per heavy atom. The van der Waals surface area contributed by atoms with E-state index in [1.54, 1.807) is 48.4 Å². The minimum atomic E-state index is -3.67. The number of hydrogen-bond donors (Lipinski definition) is 1. The van der Waals surface area contributed by atoms with Gasteiger partial charge < -0.3 is 4.90 Å². The van der Waals surface area contributed by atoms with Gasteiger partial charge in [0.15, 0.2) is 0 Å². The van der Waals surface area contributed by atoms with Gasteiger partial charge >= 0.3 is 0 Å². The highest BCUT2D eigenvalue weighted by molar-refractivity contribution is 7.89. The Morgan fingerprint density at radius 2 is 2.08 bits per heavy atom. The summed E-state index contributed by atoms with van der Waals surface area (Å²) in [4.78, 5) is 17.8. The molecular weight excluding hydrogens is 338 g/mol. The Bertz CT molecular complexity index is 882. The monoisotopic (exact) mass is 359 g/mol. The van der Waals surface area contributed by atoms with E-state index in [2.05, 4.69) is 9.71 Å².